The van der Waals surface area contributed by atoms with Gasteiger partial charge in [-0.05, 0) is 18.9 Å². The zero-order valence-electron chi connectivity index (χ0n) is 12.9. The van der Waals surface area contributed by atoms with Crippen molar-refractivity contribution in [2.75, 3.05) is 11.5 Å². The van der Waals surface area contributed by atoms with E-state index in [1.165, 1.54) is 6.92 Å². The highest BCUT2D eigenvalue weighted by molar-refractivity contribution is 7.91. The molecule has 2 aliphatic heterocycles. The Morgan fingerprint density at radius 3 is 2.46 bits per heavy atom. The van der Waals surface area contributed by atoms with Gasteiger partial charge in [0.1, 0.15) is 5.70 Å². The molecule has 0 spiro atoms. The third-order valence-corrected chi connectivity index (χ3v) is 5.87. The van der Waals surface area contributed by atoms with Crippen LogP contribution < -0.4 is 11.5 Å². The van der Waals surface area contributed by atoms with Crippen LogP contribution in [0.1, 0.15) is 13.3 Å². The van der Waals surface area contributed by atoms with Crippen molar-refractivity contribution < 1.29 is 33.0 Å². The van der Waals surface area contributed by atoms with Crippen molar-refractivity contribution in [3.8, 4) is 0 Å². The second kappa shape index (κ2) is 6.15. The Hall–Kier alpha value is -1.98. The molecule has 24 heavy (non-hydrogen) atoms. The fraction of sp³-hybridized carbons (Fsp3) is 0.615. The van der Waals surface area contributed by atoms with E-state index >= 15 is 0 Å². The van der Waals surface area contributed by atoms with E-state index < -0.39 is 63.2 Å². The topological polar surface area (TPSA) is 181 Å². The number of hydrogen-bond donors (Lipinski definition) is 4. The Labute approximate surface area is 138 Å². The van der Waals surface area contributed by atoms with Gasteiger partial charge in [0.2, 0.25) is 11.8 Å². The maximum absolute atomic E-state index is 12.1. The molecule has 0 aromatic heterocycles. The summed E-state index contributed by atoms with van der Waals surface area (Å²) in [6.45, 7) is 1.42. The summed E-state index contributed by atoms with van der Waals surface area (Å²) in [5.41, 5.74) is 9.95. The molecule has 2 rings (SSSR count). The number of fused-ring (bicyclic) bond motifs is 1. The van der Waals surface area contributed by atoms with Crippen LogP contribution in [0.25, 0.3) is 0 Å². The first-order valence-electron chi connectivity index (χ1n) is 7.18. The van der Waals surface area contributed by atoms with Gasteiger partial charge < -0.3 is 26.6 Å². The van der Waals surface area contributed by atoms with Gasteiger partial charge in [-0.25, -0.2) is 13.2 Å². The lowest BCUT2D eigenvalue weighted by atomic mass is 9.83. The van der Waals surface area contributed by atoms with Gasteiger partial charge in [-0.2, -0.15) is 0 Å². The van der Waals surface area contributed by atoms with Crippen molar-refractivity contribution in [3.05, 3.63) is 11.3 Å². The van der Waals surface area contributed by atoms with Crippen LogP contribution >= 0.6 is 0 Å². The van der Waals surface area contributed by atoms with Crippen LogP contribution in [0.5, 0.6) is 0 Å². The van der Waals surface area contributed by atoms with Gasteiger partial charge in [-0.3, -0.25) is 9.59 Å². The molecular weight excluding hydrogens is 342 g/mol. The zero-order valence-corrected chi connectivity index (χ0v) is 13.7. The summed E-state index contributed by atoms with van der Waals surface area (Å²) >= 11 is 0. The van der Waals surface area contributed by atoms with E-state index in [4.69, 9.17) is 11.5 Å². The largest absolute Gasteiger partial charge is 0.477 e. The summed E-state index contributed by atoms with van der Waals surface area (Å²) in [4.78, 5) is 35.4. The summed E-state index contributed by atoms with van der Waals surface area (Å²) < 4.78 is 24.3. The number of carboxylic acids is 1. The fourth-order valence-corrected chi connectivity index (χ4v) is 4.79. The summed E-state index contributed by atoms with van der Waals surface area (Å²) in [6, 6.07) is -1.97. The molecule has 2 heterocycles. The van der Waals surface area contributed by atoms with Crippen LogP contribution in [-0.2, 0) is 24.2 Å². The first kappa shape index (κ1) is 18.4. The van der Waals surface area contributed by atoms with Crippen molar-refractivity contribution in [3.63, 3.8) is 0 Å². The number of sulfone groups is 1. The lowest BCUT2D eigenvalue weighted by Gasteiger charge is -2.44. The highest BCUT2D eigenvalue weighted by atomic mass is 32.2. The Morgan fingerprint density at radius 1 is 1.42 bits per heavy atom. The van der Waals surface area contributed by atoms with Gasteiger partial charge in [0, 0.05) is 0 Å². The monoisotopic (exact) mass is 361 g/mol. The molecule has 4 atom stereocenters. The smallest absolute Gasteiger partial charge is 0.352 e. The van der Waals surface area contributed by atoms with Crippen LogP contribution in [0.4, 0.5) is 0 Å². The molecule has 0 radical (unpaired) electrons. The molecule has 1 fully saturated rings. The summed E-state index contributed by atoms with van der Waals surface area (Å²) in [7, 11) is -3.90. The summed E-state index contributed by atoms with van der Waals surface area (Å²) in [5.74, 6) is -5.05. The second-order valence-electron chi connectivity index (χ2n) is 6.07. The Bertz CT molecular complexity index is 728. The maximum Gasteiger partial charge on any atom is 0.352 e. The minimum Gasteiger partial charge on any atom is -0.477 e. The number of carbonyl (C=O) groups excluding carboxylic acids is 2. The quantitative estimate of drug-likeness (QED) is 0.350. The molecular formula is C13H19N3O7S. The molecule has 4 unspecified atom stereocenters. The SMILES string of the molecule is CC(O)C1C(=O)N2C(C(=O)O)=C(CS(=O)(=O)CC(N)C(N)=O)CC12. The predicted octanol–water partition coefficient (Wildman–Crippen LogP) is -2.84. The molecule has 1 saturated heterocycles. The number of β-lactam (4-membered cyclic amide) rings is 1. The minimum absolute atomic E-state index is 0.0357. The molecule has 0 aliphatic carbocycles. The Balaban J connectivity index is 2.25. The van der Waals surface area contributed by atoms with Gasteiger partial charge in [0.05, 0.1) is 35.6 Å². The van der Waals surface area contributed by atoms with E-state index in [1.54, 1.807) is 0 Å². The standard InChI is InChI=1S/C13H19N3O7S/c1-5(17)9-8-2-6(10(13(20)21)16(8)12(9)19)3-24(22,23)4-7(14)11(15)18/h5,7-9,17H,2-4,14H2,1H3,(H2,15,18)(H,20,21). The predicted molar refractivity (Wildman–Crippen MR) is 80.9 cm³/mol. The van der Waals surface area contributed by atoms with Gasteiger partial charge in [0.15, 0.2) is 9.84 Å². The summed E-state index contributed by atoms with van der Waals surface area (Å²) in [6.07, 6.45) is -0.929. The van der Waals surface area contributed by atoms with Crippen molar-refractivity contribution in [1.29, 1.82) is 0 Å². The van der Waals surface area contributed by atoms with E-state index in [0.29, 0.717) is 0 Å². The normalized spacial score (nSPS) is 26.0. The average molecular weight is 361 g/mol. The third-order valence-electron chi connectivity index (χ3n) is 4.22. The van der Waals surface area contributed by atoms with E-state index in [9.17, 15) is 33.0 Å². The van der Waals surface area contributed by atoms with E-state index in [0.717, 1.165) is 4.90 Å². The molecule has 134 valence electrons. The fourth-order valence-electron chi connectivity index (χ4n) is 3.17. The number of aliphatic carboxylic acids is 1. The lowest BCUT2D eigenvalue weighted by molar-refractivity contribution is -0.161. The maximum atomic E-state index is 12.1. The summed E-state index contributed by atoms with van der Waals surface area (Å²) in [5, 5.41) is 18.9. The van der Waals surface area contributed by atoms with Crippen molar-refractivity contribution in [1.82, 2.24) is 4.90 Å². The first-order chi connectivity index (χ1) is 11.0. The molecule has 0 aromatic rings. The van der Waals surface area contributed by atoms with Crippen LogP contribution in [0, 0.1) is 5.92 Å². The van der Waals surface area contributed by atoms with Gasteiger partial charge in [-0.15, -0.1) is 0 Å². The minimum atomic E-state index is -3.90. The molecule has 11 heteroatoms. The van der Waals surface area contributed by atoms with Gasteiger partial charge in [0.25, 0.3) is 0 Å². The van der Waals surface area contributed by atoms with Crippen molar-refractivity contribution in [2.24, 2.45) is 17.4 Å². The number of aliphatic hydroxyl groups is 1. The number of carboxylic acid groups (broad SMARTS) is 1. The molecule has 0 aromatic carbocycles. The number of hydrogen-bond acceptors (Lipinski definition) is 7. The average Bonchev–Trinajstić information content (AvgIpc) is 2.71. The molecule has 0 saturated carbocycles. The number of nitrogens with two attached hydrogens (primary N) is 2. The molecule has 10 nitrogen and oxygen atoms in total. The Kier molecular flexibility index (Phi) is 4.70. The molecule has 0 bridgehead atoms. The number of nitrogens with zero attached hydrogens (tertiary/aromatic N) is 1. The number of carbonyl (C=O) groups is 3. The van der Waals surface area contributed by atoms with Crippen molar-refractivity contribution in [2.45, 2.75) is 31.5 Å². The van der Waals surface area contributed by atoms with E-state index in [2.05, 4.69) is 0 Å². The highest BCUT2D eigenvalue weighted by Gasteiger charge is 2.56. The van der Waals surface area contributed by atoms with E-state index in [1.807, 2.05) is 0 Å². The zero-order chi connectivity index (χ0) is 18.4. The van der Waals surface area contributed by atoms with Crippen LogP contribution in [-0.4, -0.2) is 71.0 Å². The second-order valence-corrected chi connectivity index (χ2v) is 8.18. The molecule has 2 aliphatic rings. The third kappa shape index (κ3) is 3.14. The first-order valence-corrected chi connectivity index (χ1v) is 9.00. The number of primary amides is 1. The highest BCUT2D eigenvalue weighted by Crippen LogP contribution is 2.43. The van der Waals surface area contributed by atoms with Gasteiger partial charge in [-0.1, -0.05) is 0 Å². The molecule has 2 amide bonds. The number of rotatable bonds is 7. The van der Waals surface area contributed by atoms with Crippen LogP contribution in [0.3, 0.4) is 0 Å². The lowest BCUT2D eigenvalue weighted by Crippen LogP contribution is -2.61. The Morgan fingerprint density at radius 2 is 2.00 bits per heavy atom. The van der Waals surface area contributed by atoms with Crippen LogP contribution in [0.15, 0.2) is 11.3 Å². The van der Waals surface area contributed by atoms with Gasteiger partial charge >= 0.3 is 5.97 Å². The van der Waals surface area contributed by atoms with Crippen LogP contribution in [0.2, 0.25) is 0 Å². The van der Waals surface area contributed by atoms with E-state index in [-0.39, 0.29) is 17.7 Å². The number of aliphatic hydroxyl groups excluding tert-OH is 1. The molecule has 6 N–H and O–H groups in total. The number of amides is 2. The van der Waals surface area contributed by atoms with Crippen molar-refractivity contribution >= 4 is 27.6 Å².